The van der Waals surface area contributed by atoms with Gasteiger partial charge in [-0.05, 0) is 24.4 Å². The van der Waals surface area contributed by atoms with Gasteiger partial charge < -0.3 is 4.98 Å². The molecule has 2 aromatic heterocycles. The minimum atomic E-state index is 0.576. The van der Waals surface area contributed by atoms with Crippen molar-refractivity contribution in [1.82, 2.24) is 14.9 Å². The molecule has 0 amide bonds. The molecule has 6 heteroatoms. The molecule has 2 aromatic rings. The van der Waals surface area contributed by atoms with Gasteiger partial charge in [-0.15, -0.1) is 11.3 Å². The van der Waals surface area contributed by atoms with Crippen molar-refractivity contribution < 1.29 is 0 Å². The molecule has 0 atom stereocenters. The summed E-state index contributed by atoms with van der Waals surface area (Å²) < 4.78 is 1.43. The topological polar surface area (TPSA) is 31.9 Å². The Kier molecular flexibility index (Phi) is 3.48. The maximum Gasteiger partial charge on any atom is 0.196 e. The average molecular weight is 298 g/mol. The van der Waals surface area contributed by atoms with Crippen LogP contribution in [0.2, 0.25) is 4.34 Å². The van der Waals surface area contributed by atoms with E-state index in [1.807, 2.05) is 12.3 Å². The Morgan fingerprint density at radius 3 is 3.17 bits per heavy atom. The minimum absolute atomic E-state index is 0.576. The number of thiophene rings is 1. The Labute approximate surface area is 119 Å². The highest BCUT2D eigenvalue weighted by molar-refractivity contribution is 7.71. The zero-order valence-corrected chi connectivity index (χ0v) is 12.0. The molecule has 0 spiro atoms. The van der Waals surface area contributed by atoms with Crippen LogP contribution in [0.1, 0.15) is 16.1 Å². The fraction of sp³-hybridized carbons (Fsp3) is 0.333. The van der Waals surface area contributed by atoms with Gasteiger partial charge in [0.2, 0.25) is 0 Å². The lowest BCUT2D eigenvalue weighted by molar-refractivity contribution is 0.245. The Hall–Kier alpha value is -0.750. The van der Waals surface area contributed by atoms with Crippen LogP contribution in [0.3, 0.4) is 0 Å². The molecule has 0 fully saturated rings. The third-order valence-electron chi connectivity index (χ3n) is 3.06. The average Bonchev–Trinajstić information content (AvgIpc) is 2.75. The van der Waals surface area contributed by atoms with Gasteiger partial charge >= 0.3 is 0 Å². The number of aromatic nitrogens is 2. The van der Waals surface area contributed by atoms with E-state index in [2.05, 4.69) is 20.9 Å². The van der Waals surface area contributed by atoms with Gasteiger partial charge in [0.25, 0.3) is 0 Å². The molecule has 1 aliphatic heterocycles. The number of hydrogen-bond acceptors (Lipinski definition) is 4. The summed E-state index contributed by atoms with van der Waals surface area (Å²) in [5, 5.41) is 0. The van der Waals surface area contributed by atoms with Crippen LogP contribution in [0.4, 0.5) is 0 Å². The first kappa shape index (κ1) is 12.3. The second-order valence-corrected chi connectivity index (χ2v) is 6.54. The van der Waals surface area contributed by atoms with E-state index in [4.69, 9.17) is 23.8 Å². The molecule has 18 heavy (non-hydrogen) atoms. The number of fused-ring (bicyclic) bond motifs is 1. The molecule has 0 radical (unpaired) electrons. The number of rotatable bonds is 2. The van der Waals surface area contributed by atoms with Crippen LogP contribution in [0, 0.1) is 4.77 Å². The Morgan fingerprint density at radius 2 is 2.39 bits per heavy atom. The number of hydrogen-bond donors (Lipinski definition) is 1. The quantitative estimate of drug-likeness (QED) is 0.862. The first-order valence-corrected chi connectivity index (χ1v) is 7.34. The van der Waals surface area contributed by atoms with Gasteiger partial charge in [-0.3, -0.25) is 4.90 Å². The normalized spacial score (nSPS) is 15.6. The highest BCUT2D eigenvalue weighted by Gasteiger charge is 2.17. The Morgan fingerprint density at radius 1 is 1.50 bits per heavy atom. The molecule has 0 unspecified atom stereocenters. The van der Waals surface area contributed by atoms with Crippen LogP contribution in [0.5, 0.6) is 0 Å². The lowest BCUT2D eigenvalue weighted by Crippen LogP contribution is -2.30. The summed E-state index contributed by atoms with van der Waals surface area (Å²) in [6.45, 7) is 2.91. The SMILES string of the molecule is S=c1ncc2c([nH]1)CCN(Cc1ccc(Cl)s1)C2. The lowest BCUT2D eigenvalue weighted by Gasteiger charge is -2.27. The third kappa shape index (κ3) is 2.64. The number of nitrogens with one attached hydrogen (secondary N) is 1. The first-order valence-electron chi connectivity index (χ1n) is 5.74. The summed E-state index contributed by atoms with van der Waals surface area (Å²) in [7, 11) is 0. The van der Waals surface area contributed by atoms with Crippen molar-refractivity contribution in [3.8, 4) is 0 Å². The number of H-pyrrole nitrogens is 1. The Balaban J connectivity index is 1.75. The molecule has 0 saturated carbocycles. The van der Waals surface area contributed by atoms with Crippen LogP contribution in [0.15, 0.2) is 18.3 Å². The van der Waals surface area contributed by atoms with Crippen molar-refractivity contribution in [1.29, 1.82) is 0 Å². The van der Waals surface area contributed by atoms with Crippen molar-refractivity contribution in [3.05, 3.63) is 43.6 Å². The molecule has 3 heterocycles. The van der Waals surface area contributed by atoms with Crippen LogP contribution < -0.4 is 0 Å². The molecule has 1 N–H and O–H groups in total. The second-order valence-electron chi connectivity index (χ2n) is 4.36. The fourth-order valence-electron chi connectivity index (χ4n) is 2.20. The largest absolute Gasteiger partial charge is 0.334 e. The smallest absolute Gasteiger partial charge is 0.196 e. The van der Waals surface area contributed by atoms with E-state index in [0.717, 1.165) is 30.4 Å². The second kappa shape index (κ2) is 5.09. The monoisotopic (exact) mass is 297 g/mol. The number of aromatic amines is 1. The Bertz CT molecular complexity index is 620. The van der Waals surface area contributed by atoms with Crippen molar-refractivity contribution in [3.63, 3.8) is 0 Å². The van der Waals surface area contributed by atoms with Crippen molar-refractivity contribution in [2.75, 3.05) is 6.54 Å². The predicted molar refractivity (Wildman–Crippen MR) is 76.6 cm³/mol. The third-order valence-corrected chi connectivity index (χ3v) is 4.49. The van der Waals surface area contributed by atoms with E-state index in [-0.39, 0.29) is 0 Å². The highest BCUT2D eigenvalue weighted by Crippen LogP contribution is 2.24. The number of nitrogens with zero attached hydrogens (tertiary/aromatic N) is 2. The standard InChI is InChI=1S/C12H12ClN3S2/c13-11-2-1-9(18-11)7-16-4-3-10-8(6-16)5-14-12(17)15-10/h1-2,5H,3-4,6-7H2,(H,14,15,17). The van der Waals surface area contributed by atoms with Crippen molar-refractivity contribution >= 4 is 35.2 Å². The lowest BCUT2D eigenvalue weighted by atomic mass is 10.1. The van der Waals surface area contributed by atoms with E-state index in [0.29, 0.717) is 4.77 Å². The van der Waals surface area contributed by atoms with Gasteiger partial charge in [-0.2, -0.15) is 0 Å². The van der Waals surface area contributed by atoms with Gasteiger partial charge in [0.1, 0.15) is 0 Å². The maximum absolute atomic E-state index is 5.95. The van der Waals surface area contributed by atoms with E-state index in [1.165, 1.54) is 16.1 Å². The van der Waals surface area contributed by atoms with Gasteiger partial charge in [0.15, 0.2) is 4.77 Å². The fourth-order valence-corrected chi connectivity index (χ4v) is 3.50. The van der Waals surface area contributed by atoms with Crippen LogP contribution in [-0.4, -0.2) is 21.4 Å². The van der Waals surface area contributed by atoms with E-state index in [1.54, 1.807) is 11.3 Å². The van der Waals surface area contributed by atoms with Crippen molar-refractivity contribution in [2.45, 2.75) is 19.5 Å². The molecular weight excluding hydrogens is 286 g/mol. The predicted octanol–water partition coefficient (Wildman–Crippen LogP) is 3.41. The van der Waals surface area contributed by atoms with Gasteiger partial charge in [-0.25, -0.2) is 4.98 Å². The number of halogens is 1. The molecule has 3 nitrogen and oxygen atoms in total. The zero-order valence-electron chi connectivity index (χ0n) is 9.65. The molecular formula is C12H12ClN3S2. The van der Waals surface area contributed by atoms with Crippen LogP contribution in [-0.2, 0) is 19.5 Å². The summed E-state index contributed by atoms with van der Waals surface area (Å²) in [5.74, 6) is 0. The van der Waals surface area contributed by atoms with E-state index in [9.17, 15) is 0 Å². The summed E-state index contributed by atoms with van der Waals surface area (Å²) in [6, 6.07) is 4.05. The molecule has 0 bridgehead atoms. The molecule has 0 saturated heterocycles. The van der Waals surface area contributed by atoms with Crippen molar-refractivity contribution in [2.24, 2.45) is 0 Å². The minimum Gasteiger partial charge on any atom is -0.334 e. The summed E-state index contributed by atoms with van der Waals surface area (Å²) in [5.41, 5.74) is 2.48. The molecule has 0 aliphatic carbocycles. The molecule has 3 rings (SSSR count). The van der Waals surface area contributed by atoms with Crippen LogP contribution >= 0.6 is 35.2 Å². The van der Waals surface area contributed by atoms with Crippen LogP contribution in [0.25, 0.3) is 0 Å². The van der Waals surface area contributed by atoms with E-state index < -0.39 is 0 Å². The first-order chi connectivity index (χ1) is 8.70. The van der Waals surface area contributed by atoms with Gasteiger partial charge in [0.05, 0.1) is 4.34 Å². The summed E-state index contributed by atoms with van der Waals surface area (Å²) >= 11 is 12.6. The summed E-state index contributed by atoms with van der Waals surface area (Å²) in [4.78, 5) is 11.0. The van der Waals surface area contributed by atoms with Gasteiger partial charge in [0, 0.05) is 48.4 Å². The molecule has 94 valence electrons. The molecule has 1 aliphatic rings. The van der Waals surface area contributed by atoms with E-state index >= 15 is 0 Å². The highest BCUT2D eigenvalue weighted by atomic mass is 35.5. The summed E-state index contributed by atoms with van der Waals surface area (Å²) in [6.07, 6.45) is 2.89. The zero-order chi connectivity index (χ0) is 12.5. The maximum atomic E-state index is 5.95. The molecule has 0 aromatic carbocycles. The van der Waals surface area contributed by atoms with Gasteiger partial charge in [-0.1, -0.05) is 11.6 Å².